The standard InChI is InChI=1S/C14H21N3O.HI/c1-4-10-18-13-9-7-6-8-12(13)11-17-14(15-3)16-5-2;/h4,6-9H,1,5,10-11H2,2-3H3,(H2,15,16,17);1H. The van der Waals surface area contributed by atoms with Crippen molar-refractivity contribution in [2.45, 2.75) is 13.5 Å². The third-order valence-electron chi connectivity index (χ3n) is 2.34. The highest BCUT2D eigenvalue weighted by atomic mass is 127. The maximum Gasteiger partial charge on any atom is 0.191 e. The van der Waals surface area contributed by atoms with E-state index in [4.69, 9.17) is 4.74 Å². The first-order valence-corrected chi connectivity index (χ1v) is 6.08. The Kier molecular flexibility index (Phi) is 9.97. The highest BCUT2D eigenvalue weighted by molar-refractivity contribution is 14.0. The normalized spacial score (nSPS) is 10.3. The monoisotopic (exact) mass is 375 g/mol. The topological polar surface area (TPSA) is 45.6 Å². The summed E-state index contributed by atoms with van der Waals surface area (Å²) in [6.07, 6.45) is 1.74. The van der Waals surface area contributed by atoms with Crippen LogP contribution in [0.25, 0.3) is 0 Å². The number of guanidine groups is 1. The summed E-state index contributed by atoms with van der Waals surface area (Å²) in [5.41, 5.74) is 1.10. The Hall–Kier alpha value is -1.24. The molecule has 1 rings (SSSR count). The van der Waals surface area contributed by atoms with E-state index in [9.17, 15) is 0 Å². The van der Waals surface area contributed by atoms with Gasteiger partial charge in [0, 0.05) is 25.7 Å². The number of halogens is 1. The molecule has 0 bridgehead atoms. The molecule has 0 fully saturated rings. The van der Waals surface area contributed by atoms with Gasteiger partial charge in [0.05, 0.1) is 0 Å². The number of aliphatic imine (C=N–C) groups is 1. The molecule has 19 heavy (non-hydrogen) atoms. The quantitative estimate of drug-likeness (QED) is 0.348. The lowest BCUT2D eigenvalue weighted by Gasteiger charge is -2.13. The van der Waals surface area contributed by atoms with Crippen LogP contribution in [0.15, 0.2) is 41.9 Å². The lowest BCUT2D eigenvalue weighted by Crippen LogP contribution is -2.36. The van der Waals surface area contributed by atoms with Gasteiger partial charge in [-0.2, -0.15) is 0 Å². The Balaban J connectivity index is 0.00000324. The van der Waals surface area contributed by atoms with E-state index < -0.39 is 0 Å². The Morgan fingerprint density at radius 2 is 2.11 bits per heavy atom. The summed E-state index contributed by atoms with van der Waals surface area (Å²) < 4.78 is 5.59. The number of ether oxygens (including phenoxy) is 1. The zero-order valence-electron chi connectivity index (χ0n) is 11.5. The van der Waals surface area contributed by atoms with E-state index in [2.05, 4.69) is 22.2 Å². The molecule has 4 nitrogen and oxygen atoms in total. The van der Waals surface area contributed by atoms with Crippen molar-refractivity contribution < 1.29 is 4.74 Å². The Labute approximate surface area is 132 Å². The van der Waals surface area contributed by atoms with Gasteiger partial charge in [0.2, 0.25) is 0 Å². The minimum Gasteiger partial charge on any atom is -0.489 e. The van der Waals surface area contributed by atoms with E-state index in [1.54, 1.807) is 13.1 Å². The predicted molar refractivity (Wildman–Crippen MR) is 91.4 cm³/mol. The van der Waals surface area contributed by atoms with Crippen molar-refractivity contribution in [3.8, 4) is 5.75 Å². The molecule has 0 unspecified atom stereocenters. The molecule has 0 aliphatic heterocycles. The van der Waals surface area contributed by atoms with Gasteiger partial charge in [0.15, 0.2) is 5.96 Å². The summed E-state index contributed by atoms with van der Waals surface area (Å²) in [5.74, 6) is 1.66. The van der Waals surface area contributed by atoms with E-state index in [1.165, 1.54) is 0 Å². The van der Waals surface area contributed by atoms with Crippen LogP contribution in [0, 0.1) is 0 Å². The lowest BCUT2D eigenvalue weighted by molar-refractivity contribution is 0.358. The molecular weight excluding hydrogens is 353 g/mol. The van der Waals surface area contributed by atoms with Crippen LogP contribution in [0.2, 0.25) is 0 Å². The number of hydrogen-bond acceptors (Lipinski definition) is 2. The smallest absolute Gasteiger partial charge is 0.191 e. The largest absolute Gasteiger partial charge is 0.489 e. The van der Waals surface area contributed by atoms with Crippen molar-refractivity contribution in [2.24, 2.45) is 4.99 Å². The van der Waals surface area contributed by atoms with Crippen LogP contribution in [0.4, 0.5) is 0 Å². The molecule has 0 amide bonds. The molecule has 0 aliphatic carbocycles. The van der Waals surface area contributed by atoms with Gasteiger partial charge in [-0.3, -0.25) is 4.99 Å². The highest BCUT2D eigenvalue weighted by Gasteiger charge is 2.03. The average molecular weight is 375 g/mol. The molecule has 1 aromatic rings. The van der Waals surface area contributed by atoms with E-state index in [0.29, 0.717) is 13.2 Å². The van der Waals surface area contributed by atoms with Crippen molar-refractivity contribution in [1.29, 1.82) is 0 Å². The Morgan fingerprint density at radius 1 is 1.37 bits per heavy atom. The number of para-hydroxylation sites is 1. The molecule has 0 atom stereocenters. The van der Waals surface area contributed by atoms with Gasteiger partial charge < -0.3 is 15.4 Å². The van der Waals surface area contributed by atoms with Gasteiger partial charge in [-0.25, -0.2) is 0 Å². The Bertz CT molecular complexity index is 407. The second kappa shape index (κ2) is 10.7. The minimum absolute atomic E-state index is 0. The van der Waals surface area contributed by atoms with Crippen LogP contribution in [0.3, 0.4) is 0 Å². The first kappa shape index (κ1) is 17.8. The maximum absolute atomic E-state index is 5.59. The molecule has 0 spiro atoms. The second-order valence-corrected chi connectivity index (χ2v) is 3.66. The minimum atomic E-state index is 0. The fourth-order valence-corrected chi connectivity index (χ4v) is 1.51. The lowest BCUT2D eigenvalue weighted by atomic mass is 10.2. The zero-order valence-corrected chi connectivity index (χ0v) is 13.8. The fourth-order valence-electron chi connectivity index (χ4n) is 1.51. The molecule has 0 heterocycles. The number of nitrogens with one attached hydrogen (secondary N) is 2. The van der Waals surface area contributed by atoms with Crippen LogP contribution < -0.4 is 15.4 Å². The molecule has 1 aromatic carbocycles. The third-order valence-corrected chi connectivity index (χ3v) is 2.34. The van der Waals surface area contributed by atoms with E-state index in [0.717, 1.165) is 23.8 Å². The average Bonchev–Trinajstić information content (AvgIpc) is 2.42. The van der Waals surface area contributed by atoms with Gasteiger partial charge >= 0.3 is 0 Å². The molecular formula is C14H22IN3O. The first-order chi connectivity index (χ1) is 8.81. The molecule has 0 saturated heterocycles. The van der Waals surface area contributed by atoms with Gasteiger partial charge in [0.25, 0.3) is 0 Å². The molecule has 5 heteroatoms. The SMILES string of the molecule is C=CCOc1ccccc1CNC(=NC)NCC.I. The van der Waals surface area contributed by atoms with Crippen molar-refractivity contribution in [2.75, 3.05) is 20.2 Å². The van der Waals surface area contributed by atoms with Crippen LogP contribution in [0.5, 0.6) is 5.75 Å². The van der Waals surface area contributed by atoms with E-state index in [-0.39, 0.29) is 24.0 Å². The molecule has 2 N–H and O–H groups in total. The number of benzene rings is 1. The summed E-state index contributed by atoms with van der Waals surface area (Å²) in [6.45, 7) is 7.71. The van der Waals surface area contributed by atoms with Crippen molar-refractivity contribution in [1.82, 2.24) is 10.6 Å². The van der Waals surface area contributed by atoms with Crippen molar-refractivity contribution in [3.63, 3.8) is 0 Å². The molecule has 0 radical (unpaired) electrons. The fraction of sp³-hybridized carbons (Fsp3) is 0.357. The van der Waals surface area contributed by atoms with Crippen LogP contribution >= 0.6 is 24.0 Å². The molecule has 0 saturated carbocycles. The van der Waals surface area contributed by atoms with Crippen molar-refractivity contribution in [3.05, 3.63) is 42.5 Å². The summed E-state index contributed by atoms with van der Waals surface area (Å²) in [6, 6.07) is 7.94. The second-order valence-electron chi connectivity index (χ2n) is 3.66. The Morgan fingerprint density at radius 3 is 2.74 bits per heavy atom. The summed E-state index contributed by atoms with van der Waals surface area (Å²) in [4.78, 5) is 4.12. The van der Waals surface area contributed by atoms with E-state index in [1.807, 2.05) is 31.2 Å². The first-order valence-electron chi connectivity index (χ1n) is 6.08. The molecule has 106 valence electrons. The van der Waals surface area contributed by atoms with Gasteiger partial charge in [-0.15, -0.1) is 24.0 Å². The number of hydrogen-bond donors (Lipinski definition) is 2. The third kappa shape index (κ3) is 6.47. The van der Waals surface area contributed by atoms with Crippen LogP contribution in [-0.4, -0.2) is 26.2 Å². The summed E-state index contributed by atoms with van der Waals surface area (Å²) in [7, 11) is 1.76. The molecule has 0 aromatic heterocycles. The molecule has 0 aliphatic rings. The predicted octanol–water partition coefficient (Wildman–Crippen LogP) is 2.55. The zero-order chi connectivity index (χ0) is 13.2. The van der Waals surface area contributed by atoms with Crippen molar-refractivity contribution >= 4 is 29.9 Å². The van der Waals surface area contributed by atoms with E-state index >= 15 is 0 Å². The maximum atomic E-state index is 5.59. The number of rotatable bonds is 6. The summed E-state index contributed by atoms with van der Waals surface area (Å²) >= 11 is 0. The van der Waals surface area contributed by atoms with Crippen LogP contribution in [0.1, 0.15) is 12.5 Å². The number of nitrogens with zero attached hydrogens (tertiary/aromatic N) is 1. The van der Waals surface area contributed by atoms with Gasteiger partial charge in [-0.1, -0.05) is 30.9 Å². The van der Waals surface area contributed by atoms with Gasteiger partial charge in [-0.05, 0) is 13.0 Å². The van der Waals surface area contributed by atoms with Crippen LogP contribution in [-0.2, 0) is 6.54 Å². The van der Waals surface area contributed by atoms with Gasteiger partial charge in [0.1, 0.15) is 12.4 Å². The highest BCUT2D eigenvalue weighted by Crippen LogP contribution is 2.17. The summed E-state index contributed by atoms with van der Waals surface area (Å²) in [5, 5.41) is 6.38.